The first kappa shape index (κ1) is 16.5. The highest BCUT2D eigenvalue weighted by Gasteiger charge is 2.19. The van der Waals surface area contributed by atoms with Crippen LogP contribution in [0.1, 0.15) is 23.7 Å². The van der Waals surface area contributed by atoms with Crippen molar-refractivity contribution in [2.75, 3.05) is 18.6 Å². The Morgan fingerprint density at radius 1 is 1.08 bits per heavy atom. The summed E-state index contributed by atoms with van der Waals surface area (Å²) in [6, 6.07) is 14.3. The second kappa shape index (κ2) is 7.12. The third-order valence-electron chi connectivity index (χ3n) is 4.77. The maximum Gasteiger partial charge on any atom is 0.180 e. The highest BCUT2D eigenvalue weighted by molar-refractivity contribution is 5.55. The summed E-state index contributed by atoms with van der Waals surface area (Å²) in [7, 11) is 1.71. The van der Waals surface area contributed by atoms with Gasteiger partial charge in [0.05, 0.1) is 7.11 Å². The summed E-state index contributed by atoms with van der Waals surface area (Å²) in [5.41, 5.74) is 4.53. The van der Waals surface area contributed by atoms with Crippen molar-refractivity contribution >= 4 is 5.82 Å². The van der Waals surface area contributed by atoms with Gasteiger partial charge < -0.3 is 9.64 Å². The number of aryl methyl sites for hydroxylation is 1. The van der Waals surface area contributed by atoms with Crippen molar-refractivity contribution in [1.29, 1.82) is 0 Å². The van der Waals surface area contributed by atoms with E-state index in [-0.39, 0.29) is 0 Å². The first-order valence-corrected chi connectivity index (χ1v) is 8.97. The van der Waals surface area contributed by atoms with E-state index in [0.717, 1.165) is 48.9 Å². The molecule has 0 bridgehead atoms. The van der Waals surface area contributed by atoms with E-state index in [1.165, 1.54) is 11.1 Å². The summed E-state index contributed by atoms with van der Waals surface area (Å²) >= 11 is 0. The summed E-state index contributed by atoms with van der Waals surface area (Å²) in [5, 5.41) is 0. The molecular formula is C21H22N4O. The van der Waals surface area contributed by atoms with E-state index < -0.39 is 0 Å². The van der Waals surface area contributed by atoms with Gasteiger partial charge in [-0.25, -0.2) is 9.97 Å². The van der Waals surface area contributed by atoms with Gasteiger partial charge in [-0.05, 0) is 48.2 Å². The fraction of sp³-hybridized carbons (Fsp3) is 0.286. The van der Waals surface area contributed by atoms with Crippen molar-refractivity contribution in [2.45, 2.75) is 26.3 Å². The van der Waals surface area contributed by atoms with E-state index in [4.69, 9.17) is 9.72 Å². The maximum atomic E-state index is 5.38. The standard InChI is InChI=1S/C21H22N4O/c1-3-17-13-20(24-21(23-17)19-6-4-5-10-22-19)25-11-9-15-7-8-18(26-2)12-16(15)14-25/h4-8,10,12-13H,3,9,11,14H2,1-2H3. The molecule has 5 nitrogen and oxygen atoms in total. The smallest absolute Gasteiger partial charge is 0.180 e. The molecule has 0 saturated carbocycles. The summed E-state index contributed by atoms with van der Waals surface area (Å²) in [6.45, 7) is 3.89. The third kappa shape index (κ3) is 3.25. The van der Waals surface area contributed by atoms with Gasteiger partial charge in [-0.1, -0.05) is 19.1 Å². The lowest BCUT2D eigenvalue weighted by atomic mass is 9.99. The normalized spacial score (nSPS) is 13.4. The summed E-state index contributed by atoms with van der Waals surface area (Å²) < 4.78 is 5.38. The van der Waals surface area contributed by atoms with E-state index in [9.17, 15) is 0 Å². The Morgan fingerprint density at radius 2 is 2.00 bits per heavy atom. The van der Waals surface area contributed by atoms with E-state index in [2.05, 4.69) is 40.0 Å². The minimum atomic E-state index is 0.691. The highest BCUT2D eigenvalue weighted by Crippen LogP contribution is 2.27. The number of anilines is 1. The van der Waals surface area contributed by atoms with Gasteiger partial charge in [-0.3, -0.25) is 4.98 Å². The van der Waals surface area contributed by atoms with Crippen molar-refractivity contribution < 1.29 is 4.74 Å². The molecular weight excluding hydrogens is 324 g/mol. The number of benzene rings is 1. The number of pyridine rings is 1. The molecule has 0 radical (unpaired) electrons. The Kier molecular flexibility index (Phi) is 4.52. The van der Waals surface area contributed by atoms with Crippen LogP contribution >= 0.6 is 0 Å². The van der Waals surface area contributed by atoms with Crippen molar-refractivity contribution in [3.05, 3.63) is 65.5 Å². The van der Waals surface area contributed by atoms with Gasteiger partial charge >= 0.3 is 0 Å². The molecule has 0 unspecified atom stereocenters. The molecule has 26 heavy (non-hydrogen) atoms. The average molecular weight is 346 g/mol. The molecule has 132 valence electrons. The quantitative estimate of drug-likeness (QED) is 0.721. The largest absolute Gasteiger partial charge is 0.497 e. The Balaban J connectivity index is 1.69. The van der Waals surface area contributed by atoms with Crippen LogP contribution in [-0.4, -0.2) is 28.6 Å². The molecule has 4 rings (SSSR count). The van der Waals surface area contributed by atoms with Gasteiger partial charge in [0.2, 0.25) is 0 Å². The molecule has 0 spiro atoms. The molecule has 0 atom stereocenters. The number of hydrogen-bond acceptors (Lipinski definition) is 5. The molecule has 5 heteroatoms. The molecule has 0 saturated heterocycles. The number of hydrogen-bond donors (Lipinski definition) is 0. The van der Waals surface area contributed by atoms with Gasteiger partial charge in [0.1, 0.15) is 17.3 Å². The number of rotatable bonds is 4. The van der Waals surface area contributed by atoms with Crippen molar-refractivity contribution in [3.63, 3.8) is 0 Å². The minimum absolute atomic E-state index is 0.691. The first-order chi connectivity index (χ1) is 12.8. The molecule has 2 aromatic heterocycles. The van der Waals surface area contributed by atoms with Gasteiger partial charge in [0.25, 0.3) is 0 Å². The second-order valence-corrected chi connectivity index (χ2v) is 6.42. The predicted octanol–water partition coefficient (Wildman–Crippen LogP) is 3.67. The third-order valence-corrected chi connectivity index (χ3v) is 4.77. The molecule has 3 heterocycles. The Morgan fingerprint density at radius 3 is 2.77 bits per heavy atom. The Hall–Kier alpha value is -2.95. The molecule has 1 aliphatic rings. The maximum absolute atomic E-state index is 5.38. The van der Waals surface area contributed by atoms with Crippen molar-refractivity contribution in [1.82, 2.24) is 15.0 Å². The first-order valence-electron chi connectivity index (χ1n) is 8.97. The van der Waals surface area contributed by atoms with Gasteiger partial charge in [0.15, 0.2) is 5.82 Å². The van der Waals surface area contributed by atoms with Gasteiger partial charge in [-0.15, -0.1) is 0 Å². The average Bonchev–Trinajstić information content (AvgIpc) is 2.73. The zero-order valence-electron chi connectivity index (χ0n) is 15.1. The van der Waals surface area contributed by atoms with Crippen LogP contribution in [0.5, 0.6) is 5.75 Å². The second-order valence-electron chi connectivity index (χ2n) is 6.42. The molecule has 0 amide bonds. The zero-order valence-corrected chi connectivity index (χ0v) is 15.1. The van der Waals surface area contributed by atoms with Crippen LogP contribution in [0, 0.1) is 0 Å². The summed E-state index contributed by atoms with van der Waals surface area (Å²) in [6.07, 6.45) is 3.65. The lowest BCUT2D eigenvalue weighted by molar-refractivity contribution is 0.413. The van der Waals surface area contributed by atoms with Crippen LogP contribution in [0.4, 0.5) is 5.82 Å². The van der Waals surface area contributed by atoms with Crippen LogP contribution in [0.3, 0.4) is 0 Å². The number of aromatic nitrogens is 3. The van der Waals surface area contributed by atoms with E-state index in [1.807, 2.05) is 24.3 Å². The topological polar surface area (TPSA) is 51.1 Å². The lowest BCUT2D eigenvalue weighted by Gasteiger charge is -2.30. The molecule has 3 aromatic rings. The Bertz CT molecular complexity index is 911. The number of ether oxygens (including phenoxy) is 1. The number of nitrogens with zero attached hydrogens (tertiary/aromatic N) is 4. The Labute approximate surface area is 153 Å². The minimum Gasteiger partial charge on any atom is -0.497 e. The number of fused-ring (bicyclic) bond motifs is 1. The fourth-order valence-corrected chi connectivity index (χ4v) is 3.29. The fourth-order valence-electron chi connectivity index (χ4n) is 3.29. The molecule has 1 aliphatic heterocycles. The SMILES string of the molecule is CCc1cc(N2CCc3ccc(OC)cc3C2)nc(-c2ccccn2)n1. The molecule has 0 N–H and O–H groups in total. The van der Waals surface area contributed by atoms with Crippen LogP contribution in [-0.2, 0) is 19.4 Å². The van der Waals surface area contributed by atoms with Crippen LogP contribution in [0.2, 0.25) is 0 Å². The molecule has 1 aromatic carbocycles. The monoisotopic (exact) mass is 346 g/mol. The van der Waals surface area contributed by atoms with Crippen molar-refractivity contribution in [2.24, 2.45) is 0 Å². The van der Waals surface area contributed by atoms with Crippen LogP contribution < -0.4 is 9.64 Å². The van der Waals surface area contributed by atoms with E-state index in [1.54, 1.807) is 13.3 Å². The van der Waals surface area contributed by atoms with Crippen LogP contribution in [0.25, 0.3) is 11.5 Å². The number of methoxy groups -OCH3 is 1. The lowest BCUT2D eigenvalue weighted by Crippen LogP contribution is -2.31. The summed E-state index contributed by atoms with van der Waals surface area (Å²) in [4.78, 5) is 16.2. The highest BCUT2D eigenvalue weighted by atomic mass is 16.5. The van der Waals surface area contributed by atoms with Crippen LogP contribution in [0.15, 0.2) is 48.7 Å². The van der Waals surface area contributed by atoms with Gasteiger partial charge in [0, 0.05) is 31.0 Å². The summed E-state index contributed by atoms with van der Waals surface area (Å²) in [5.74, 6) is 2.55. The zero-order chi connectivity index (χ0) is 17.9. The van der Waals surface area contributed by atoms with E-state index in [0.29, 0.717) is 5.82 Å². The predicted molar refractivity (Wildman–Crippen MR) is 102 cm³/mol. The van der Waals surface area contributed by atoms with Crippen molar-refractivity contribution in [3.8, 4) is 17.3 Å². The molecule has 0 aliphatic carbocycles. The van der Waals surface area contributed by atoms with E-state index >= 15 is 0 Å². The van der Waals surface area contributed by atoms with Gasteiger partial charge in [-0.2, -0.15) is 0 Å². The molecule has 0 fully saturated rings.